The number of rotatable bonds is 6. The molecule has 0 saturated carbocycles. The number of nitrogens with one attached hydrogen (secondary N) is 2. The molecule has 1 amide bonds. The summed E-state index contributed by atoms with van der Waals surface area (Å²) in [5.74, 6) is -0.262. The summed E-state index contributed by atoms with van der Waals surface area (Å²) in [6, 6.07) is 20.4. The van der Waals surface area contributed by atoms with Gasteiger partial charge in [-0.2, -0.15) is 0 Å². The number of hydrogen-bond donors (Lipinski definition) is 2. The zero-order valence-electron chi connectivity index (χ0n) is 18.5. The Bertz CT molecular complexity index is 1190. The van der Waals surface area contributed by atoms with Crippen LogP contribution >= 0.6 is 0 Å². The third kappa shape index (κ3) is 4.98. The van der Waals surface area contributed by atoms with E-state index in [2.05, 4.69) is 25.1 Å². The van der Waals surface area contributed by atoms with Gasteiger partial charge < -0.3 is 4.98 Å². The van der Waals surface area contributed by atoms with Crippen molar-refractivity contribution < 1.29 is 13.6 Å². The summed E-state index contributed by atoms with van der Waals surface area (Å²) in [4.78, 5) is 24.5. The molecule has 6 nitrogen and oxygen atoms in total. The van der Waals surface area contributed by atoms with E-state index in [9.17, 15) is 13.6 Å². The van der Waals surface area contributed by atoms with Crippen LogP contribution in [0.15, 0.2) is 72.8 Å². The van der Waals surface area contributed by atoms with E-state index in [0.29, 0.717) is 19.0 Å². The van der Waals surface area contributed by atoms with Crippen molar-refractivity contribution in [1.82, 2.24) is 19.8 Å². The summed E-state index contributed by atoms with van der Waals surface area (Å²) >= 11 is 0. The lowest BCUT2D eigenvalue weighted by Crippen LogP contribution is -2.49. The number of nitrogens with zero attached hydrogens (tertiary/aromatic N) is 3. The van der Waals surface area contributed by atoms with Gasteiger partial charge in [0.2, 0.25) is 11.9 Å². The number of piperazine rings is 1. The fraction of sp³-hybridized carbons (Fsp3) is 0.231. The largest absolute Gasteiger partial charge is 0.324 e. The number of aromatic nitrogens is 2. The first-order valence-electron chi connectivity index (χ1n) is 11.3. The first-order chi connectivity index (χ1) is 16.5. The highest BCUT2D eigenvalue weighted by atomic mass is 19.1. The average molecular weight is 462 g/mol. The Balaban J connectivity index is 1.23. The van der Waals surface area contributed by atoms with Crippen LogP contribution in [-0.4, -0.2) is 58.4 Å². The molecule has 0 radical (unpaired) electrons. The van der Waals surface area contributed by atoms with Gasteiger partial charge in [0, 0.05) is 26.2 Å². The molecule has 4 aromatic rings. The first kappa shape index (κ1) is 22.2. The molecule has 174 valence electrons. The highest BCUT2D eigenvalue weighted by Gasteiger charge is 2.27. The number of hydrogen-bond acceptors (Lipinski definition) is 4. The monoisotopic (exact) mass is 461 g/mol. The number of aromatic amines is 1. The maximum absolute atomic E-state index is 13.5. The maximum atomic E-state index is 13.5. The number of carbonyl (C=O) groups is 1. The number of imidazole rings is 1. The minimum absolute atomic E-state index is 0.118. The predicted octanol–water partition coefficient (Wildman–Crippen LogP) is 4.19. The Morgan fingerprint density at radius 2 is 1.47 bits per heavy atom. The standard InChI is InChI=1S/C26H25F2N5O/c27-20-9-5-18(6-10-20)25(19-7-11-21(28)12-8-19)33-15-13-32(14-16-33)17-24(34)31-26-29-22-3-1-2-4-23(22)30-26/h1-12,25H,13-17H2,(H2,29,30,31,34). The van der Waals surface area contributed by atoms with Crippen molar-refractivity contribution >= 4 is 22.9 Å². The number of benzene rings is 3. The second-order valence-electron chi connectivity index (χ2n) is 8.47. The van der Waals surface area contributed by atoms with E-state index < -0.39 is 0 Å². The molecule has 2 heterocycles. The van der Waals surface area contributed by atoms with Crippen molar-refractivity contribution in [3.05, 3.63) is 95.6 Å². The molecule has 1 fully saturated rings. The number of H-pyrrole nitrogens is 1. The molecule has 0 bridgehead atoms. The lowest BCUT2D eigenvalue weighted by molar-refractivity contribution is -0.117. The van der Waals surface area contributed by atoms with E-state index in [0.717, 1.165) is 35.2 Å². The number of carbonyl (C=O) groups excluding carboxylic acids is 1. The lowest BCUT2D eigenvalue weighted by Gasteiger charge is -2.39. The summed E-state index contributed by atoms with van der Waals surface area (Å²) < 4.78 is 27.0. The second kappa shape index (κ2) is 9.70. The van der Waals surface area contributed by atoms with Crippen LogP contribution in [0.25, 0.3) is 11.0 Å². The van der Waals surface area contributed by atoms with Crippen LogP contribution in [0.2, 0.25) is 0 Å². The van der Waals surface area contributed by atoms with E-state index in [4.69, 9.17) is 0 Å². The van der Waals surface area contributed by atoms with Gasteiger partial charge in [-0.25, -0.2) is 13.8 Å². The van der Waals surface area contributed by atoms with Crippen molar-refractivity contribution in [1.29, 1.82) is 0 Å². The molecule has 1 aromatic heterocycles. The van der Waals surface area contributed by atoms with Crippen molar-refractivity contribution in [3.63, 3.8) is 0 Å². The zero-order chi connectivity index (χ0) is 23.5. The van der Waals surface area contributed by atoms with Crippen LogP contribution in [0.5, 0.6) is 0 Å². The molecule has 0 aliphatic carbocycles. The Hall–Kier alpha value is -3.62. The Kier molecular flexibility index (Phi) is 6.33. The van der Waals surface area contributed by atoms with Crippen molar-refractivity contribution in [3.8, 4) is 0 Å². The van der Waals surface area contributed by atoms with Crippen LogP contribution in [0.1, 0.15) is 17.2 Å². The molecule has 3 aromatic carbocycles. The molecule has 1 aliphatic rings. The van der Waals surface area contributed by atoms with Crippen molar-refractivity contribution in [2.75, 3.05) is 38.0 Å². The number of amides is 1. The molecule has 1 aliphatic heterocycles. The van der Waals surface area contributed by atoms with Crippen molar-refractivity contribution in [2.45, 2.75) is 6.04 Å². The van der Waals surface area contributed by atoms with Gasteiger partial charge in [0.15, 0.2) is 0 Å². The van der Waals surface area contributed by atoms with Crippen molar-refractivity contribution in [2.24, 2.45) is 0 Å². The fourth-order valence-corrected chi connectivity index (χ4v) is 4.47. The molecule has 2 N–H and O–H groups in total. The van der Waals surface area contributed by atoms with Gasteiger partial charge in [-0.1, -0.05) is 36.4 Å². The van der Waals surface area contributed by atoms with Crippen LogP contribution in [0.4, 0.5) is 14.7 Å². The summed E-state index contributed by atoms with van der Waals surface area (Å²) in [5.41, 5.74) is 3.58. The first-order valence-corrected chi connectivity index (χ1v) is 11.3. The minimum Gasteiger partial charge on any atom is -0.324 e. The Morgan fingerprint density at radius 1 is 0.882 bits per heavy atom. The molecule has 5 rings (SSSR count). The van der Waals surface area contributed by atoms with Crippen LogP contribution in [0.3, 0.4) is 0 Å². The fourth-order valence-electron chi connectivity index (χ4n) is 4.47. The highest BCUT2D eigenvalue weighted by molar-refractivity contribution is 5.92. The van der Waals surface area contributed by atoms with Gasteiger partial charge in [-0.05, 0) is 47.5 Å². The zero-order valence-corrected chi connectivity index (χ0v) is 18.5. The van der Waals surface area contributed by atoms with E-state index in [1.54, 1.807) is 24.3 Å². The lowest BCUT2D eigenvalue weighted by atomic mass is 9.96. The van der Waals surface area contributed by atoms with Gasteiger partial charge in [-0.3, -0.25) is 19.9 Å². The second-order valence-corrected chi connectivity index (χ2v) is 8.47. The van der Waals surface area contributed by atoms with Gasteiger partial charge in [-0.15, -0.1) is 0 Å². The Morgan fingerprint density at radius 3 is 2.06 bits per heavy atom. The molecular weight excluding hydrogens is 436 g/mol. The van der Waals surface area contributed by atoms with Gasteiger partial charge in [0.05, 0.1) is 23.6 Å². The number of fused-ring (bicyclic) bond motifs is 1. The van der Waals surface area contributed by atoms with E-state index in [1.165, 1.54) is 24.3 Å². The predicted molar refractivity (Wildman–Crippen MR) is 127 cm³/mol. The summed E-state index contributed by atoms with van der Waals surface area (Å²) in [6.45, 7) is 3.11. The number of para-hydroxylation sites is 2. The molecule has 0 atom stereocenters. The van der Waals surface area contributed by atoms with Crippen LogP contribution in [-0.2, 0) is 4.79 Å². The quantitative estimate of drug-likeness (QED) is 0.452. The molecule has 8 heteroatoms. The van der Waals surface area contributed by atoms with E-state index in [-0.39, 0.29) is 30.1 Å². The highest BCUT2D eigenvalue weighted by Crippen LogP contribution is 2.30. The topological polar surface area (TPSA) is 64.3 Å². The average Bonchev–Trinajstić information content (AvgIpc) is 3.25. The molecule has 1 saturated heterocycles. The van der Waals surface area contributed by atoms with Crippen LogP contribution < -0.4 is 5.32 Å². The SMILES string of the molecule is O=C(CN1CCN(C(c2ccc(F)cc2)c2ccc(F)cc2)CC1)Nc1nc2ccccc2[nH]1. The maximum Gasteiger partial charge on any atom is 0.240 e. The molecule has 0 spiro atoms. The summed E-state index contributed by atoms with van der Waals surface area (Å²) in [5, 5.41) is 2.84. The van der Waals surface area contributed by atoms with Gasteiger partial charge in [0.25, 0.3) is 0 Å². The number of anilines is 1. The van der Waals surface area contributed by atoms with Gasteiger partial charge in [0.1, 0.15) is 11.6 Å². The summed E-state index contributed by atoms with van der Waals surface area (Å²) in [7, 11) is 0. The number of halogens is 2. The van der Waals surface area contributed by atoms with Crippen LogP contribution in [0, 0.1) is 11.6 Å². The smallest absolute Gasteiger partial charge is 0.240 e. The minimum atomic E-state index is -0.290. The molecule has 34 heavy (non-hydrogen) atoms. The molecule has 0 unspecified atom stereocenters. The third-order valence-corrected chi connectivity index (χ3v) is 6.16. The normalized spacial score (nSPS) is 15.1. The Labute approximate surface area is 196 Å². The molecular formula is C26H25F2N5O. The van der Waals surface area contributed by atoms with E-state index in [1.807, 2.05) is 24.3 Å². The van der Waals surface area contributed by atoms with Gasteiger partial charge >= 0.3 is 0 Å². The summed E-state index contributed by atoms with van der Waals surface area (Å²) in [6.07, 6.45) is 0. The third-order valence-electron chi connectivity index (χ3n) is 6.16. The van der Waals surface area contributed by atoms with E-state index >= 15 is 0 Å².